The molecule has 2 aromatic carbocycles. The summed E-state index contributed by atoms with van der Waals surface area (Å²) in [5.41, 5.74) is 2.10. The van der Waals surface area contributed by atoms with Gasteiger partial charge in [-0.1, -0.05) is 18.2 Å². The van der Waals surface area contributed by atoms with Gasteiger partial charge in [-0.25, -0.2) is 0 Å². The van der Waals surface area contributed by atoms with Gasteiger partial charge < -0.3 is 25.0 Å². The average Bonchev–Trinajstić information content (AvgIpc) is 3.22. The summed E-state index contributed by atoms with van der Waals surface area (Å²) in [6.45, 7) is 2.29. The minimum atomic E-state index is -4.88. The molecule has 2 N–H and O–H groups in total. The molecule has 2 heterocycles. The molecule has 2 amide bonds. The molecule has 188 valence electrons. The number of alkyl halides is 3. The second-order valence-corrected chi connectivity index (χ2v) is 9.67. The number of rotatable bonds is 6. The summed E-state index contributed by atoms with van der Waals surface area (Å²) in [7, 11) is 1.60. The molecule has 0 spiro atoms. The summed E-state index contributed by atoms with van der Waals surface area (Å²) in [5, 5.41) is 12.8. The van der Waals surface area contributed by atoms with Crippen LogP contribution in [0.15, 0.2) is 41.3 Å². The number of benzene rings is 2. The van der Waals surface area contributed by atoms with Gasteiger partial charge in [-0.15, -0.1) is 24.9 Å². The highest BCUT2D eigenvalue weighted by Gasteiger charge is 2.35. The van der Waals surface area contributed by atoms with Gasteiger partial charge in [-0.3, -0.25) is 9.59 Å². The van der Waals surface area contributed by atoms with Crippen LogP contribution in [0.25, 0.3) is 0 Å². The molecule has 11 heteroatoms. The molecule has 0 radical (unpaired) electrons. The molecule has 0 saturated carbocycles. The zero-order chi connectivity index (χ0) is 25.3. The van der Waals surface area contributed by atoms with E-state index >= 15 is 0 Å². The Bertz CT molecular complexity index is 1130. The van der Waals surface area contributed by atoms with Crippen LogP contribution in [0, 0.1) is 0 Å². The van der Waals surface area contributed by atoms with Crippen molar-refractivity contribution in [3.63, 3.8) is 0 Å². The van der Waals surface area contributed by atoms with Gasteiger partial charge in [-0.05, 0) is 37.1 Å². The van der Waals surface area contributed by atoms with E-state index in [2.05, 4.69) is 10.1 Å². The molecular weight excluding hydrogens is 483 g/mol. The van der Waals surface area contributed by atoms with E-state index in [1.807, 2.05) is 12.1 Å². The quantitative estimate of drug-likeness (QED) is 0.614. The Morgan fingerprint density at radius 1 is 1.34 bits per heavy atom. The van der Waals surface area contributed by atoms with E-state index in [1.165, 1.54) is 28.8 Å². The van der Waals surface area contributed by atoms with Crippen LogP contribution in [0.4, 0.5) is 24.5 Å². The number of carbonyl (C=O) groups is 2. The number of nitrogens with one attached hydrogen (secondary N) is 1. The summed E-state index contributed by atoms with van der Waals surface area (Å²) in [5.74, 6) is -0.349. The molecule has 1 fully saturated rings. The molecule has 1 saturated heterocycles. The number of anilines is 2. The zero-order valence-electron chi connectivity index (χ0n) is 19.3. The van der Waals surface area contributed by atoms with Crippen LogP contribution in [0.2, 0.25) is 0 Å². The van der Waals surface area contributed by atoms with Gasteiger partial charge in [0.1, 0.15) is 0 Å². The molecule has 0 aromatic heterocycles. The third-order valence-electron chi connectivity index (χ3n) is 6.19. The Morgan fingerprint density at radius 2 is 2.11 bits per heavy atom. The Balaban J connectivity index is 1.57. The summed E-state index contributed by atoms with van der Waals surface area (Å²) in [4.78, 5) is 28.9. The molecule has 0 aliphatic carbocycles. The number of likely N-dealkylation sites (N-methyl/N-ethyl adjacent to an activating group) is 1. The molecule has 4 rings (SSSR count). The van der Waals surface area contributed by atoms with Gasteiger partial charge in [0, 0.05) is 30.6 Å². The first kappa shape index (κ1) is 25.2. The summed E-state index contributed by atoms with van der Waals surface area (Å²) >= 11 is 1.43. The minimum Gasteiger partial charge on any atom is -0.404 e. The molecule has 2 aromatic rings. The summed E-state index contributed by atoms with van der Waals surface area (Å²) in [6, 6.07) is 9.26. The van der Waals surface area contributed by atoms with Crippen LogP contribution in [0.1, 0.15) is 30.5 Å². The number of ether oxygens (including phenoxy) is 1. The van der Waals surface area contributed by atoms with E-state index in [4.69, 9.17) is 0 Å². The second-order valence-electron chi connectivity index (χ2n) is 8.66. The van der Waals surface area contributed by atoms with E-state index in [9.17, 15) is 27.9 Å². The molecule has 2 atom stereocenters. The number of aliphatic hydroxyl groups is 1. The fourth-order valence-corrected chi connectivity index (χ4v) is 5.12. The first-order valence-electron chi connectivity index (χ1n) is 11.1. The minimum absolute atomic E-state index is 0.0607. The first-order valence-corrected chi connectivity index (χ1v) is 12.1. The van der Waals surface area contributed by atoms with Gasteiger partial charge in [0.25, 0.3) is 0 Å². The lowest BCUT2D eigenvalue weighted by Crippen LogP contribution is -2.33. The highest BCUT2D eigenvalue weighted by molar-refractivity contribution is 8.00. The molecule has 2 aliphatic heterocycles. The van der Waals surface area contributed by atoms with E-state index in [0.717, 1.165) is 4.90 Å². The van der Waals surface area contributed by atoms with Crippen molar-refractivity contribution in [3.8, 4) is 5.75 Å². The monoisotopic (exact) mass is 509 g/mol. The molecule has 7 nitrogen and oxygen atoms in total. The second kappa shape index (κ2) is 9.98. The Kier molecular flexibility index (Phi) is 7.18. The van der Waals surface area contributed by atoms with E-state index in [1.54, 1.807) is 31.0 Å². The van der Waals surface area contributed by atoms with E-state index in [0.29, 0.717) is 35.5 Å². The van der Waals surface area contributed by atoms with E-state index < -0.39 is 18.5 Å². The lowest BCUT2D eigenvalue weighted by molar-refractivity contribution is -0.274. The normalized spacial score (nSPS) is 18.6. The van der Waals surface area contributed by atoms with Crippen LogP contribution in [0.5, 0.6) is 5.75 Å². The largest absolute Gasteiger partial charge is 0.573 e. The Hall–Kier alpha value is -2.92. The number of β-amino-alcohol motifs (C(OH)–C–C–N with tert-alkyl or cyclic N) is 1. The Labute approximate surface area is 205 Å². The van der Waals surface area contributed by atoms with Crippen molar-refractivity contribution >= 4 is 35.0 Å². The molecule has 0 unspecified atom stereocenters. The van der Waals surface area contributed by atoms with Crippen LogP contribution >= 0.6 is 11.8 Å². The van der Waals surface area contributed by atoms with Crippen molar-refractivity contribution < 1.29 is 32.6 Å². The van der Waals surface area contributed by atoms with E-state index in [-0.39, 0.29) is 36.2 Å². The number of hydrogen-bond acceptors (Lipinski definition) is 6. The predicted octanol–water partition coefficient (Wildman–Crippen LogP) is 3.96. The van der Waals surface area contributed by atoms with Crippen molar-refractivity contribution in [2.75, 3.05) is 36.1 Å². The van der Waals surface area contributed by atoms with Crippen molar-refractivity contribution in [1.29, 1.82) is 0 Å². The smallest absolute Gasteiger partial charge is 0.404 e. The first-order chi connectivity index (χ1) is 16.5. The lowest BCUT2D eigenvalue weighted by atomic mass is 10.0. The lowest BCUT2D eigenvalue weighted by Gasteiger charge is -2.31. The fourth-order valence-electron chi connectivity index (χ4n) is 4.33. The van der Waals surface area contributed by atoms with Crippen molar-refractivity contribution in [2.24, 2.45) is 0 Å². The van der Waals surface area contributed by atoms with Crippen molar-refractivity contribution in [1.82, 2.24) is 4.90 Å². The summed E-state index contributed by atoms with van der Waals surface area (Å²) in [6.07, 6.45) is -5.04. The highest BCUT2D eigenvalue weighted by Crippen LogP contribution is 2.41. The number of thioether (sulfide) groups is 1. The van der Waals surface area contributed by atoms with Crippen LogP contribution in [-0.4, -0.2) is 60.2 Å². The number of carbonyl (C=O) groups excluding carboxylic acids is 2. The van der Waals surface area contributed by atoms with Crippen LogP contribution in [0.3, 0.4) is 0 Å². The zero-order valence-corrected chi connectivity index (χ0v) is 20.1. The molecule has 35 heavy (non-hydrogen) atoms. The highest BCUT2D eigenvalue weighted by atomic mass is 32.2. The molecule has 0 bridgehead atoms. The van der Waals surface area contributed by atoms with Gasteiger partial charge in [0.15, 0.2) is 5.75 Å². The SMILES string of the molecule is C[C@@H](c1cccc(OC(F)(F)F)c1N1CC[C@H](O)C1)N(C)C(=O)Cc1ccc2c(c1)NC(=O)CS2. The number of aliphatic hydroxyl groups excluding tert-OH is 1. The fraction of sp³-hybridized carbons (Fsp3) is 0.417. The number of nitrogens with zero attached hydrogens (tertiary/aromatic N) is 2. The maximum absolute atomic E-state index is 13.1. The Morgan fingerprint density at radius 3 is 2.80 bits per heavy atom. The number of amides is 2. The molecular formula is C24H26F3N3O4S. The predicted molar refractivity (Wildman–Crippen MR) is 127 cm³/mol. The third kappa shape index (κ3) is 5.84. The topological polar surface area (TPSA) is 82.1 Å². The third-order valence-corrected chi connectivity index (χ3v) is 7.27. The average molecular weight is 510 g/mol. The standard InChI is InChI=1S/C24H26F3N3O4S/c1-14(29(2)22(33)11-15-6-7-20-18(10-15)28-21(32)13-35-20)17-4-3-5-19(34-24(25,26)27)23(17)30-9-8-16(31)12-30/h3-7,10,14,16,31H,8-9,11-13H2,1-2H3,(H,28,32)/t14-,16-/m0/s1. The number of para-hydroxylation sites is 1. The summed E-state index contributed by atoms with van der Waals surface area (Å²) < 4.78 is 43.6. The maximum atomic E-state index is 13.1. The van der Waals surface area contributed by atoms with Gasteiger partial charge in [0.2, 0.25) is 11.8 Å². The molecule has 2 aliphatic rings. The number of halogens is 3. The number of hydrogen-bond donors (Lipinski definition) is 2. The van der Waals surface area contributed by atoms with Crippen LogP contribution < -0.4 is 15.0 Å². The van der Waals surface area contributed by atoms with Crippen molar-refractivity contribution in [2.45, 2.75) is 43.2 Å². The van der Waals surface area contributed by atoms with Gasteiger partial charge in [0.05, 0.1) is 35.7 Å². The van der Waals surface area contributed by atoms with Crippen molar-refractivity contribution in [3.05, 3.63) is 47.5 Å². The van der Waals surface area contributed by atoms with Crippen LogP contribution in [-0.2, 0) is 16.0 Å². The van der Waals surface area contributed by atoms with Gasteiger partial charge in [-0.2, -0.15) is 0 Å². The van der Waals surface area contributed by atoms with Gasteiger partial charge >= 0.3 is 6.36 Å². The maximum Gasteiger partial charge on any atom is 0.573 e. The number of fused-ring (bicyclic) bond motifs is 1.